The number of aromatic nitrogens is 3. The third-order valence-electron chi connectivity index (χ3n) is 5.93. The van der Waals surface area contributed by atoms with E-state index in [1.54, 1.807) is 24.3 Å². The summed E-state index contributed by atoms with van der Waals surface area (Å²) in [4.78, 5) is 24.0. The van der Waals surface area contributed by atoms with Crippen molar-refractivity contribution in [1.29, 1.82) is 0 Å². The van der Waals surface area contributed by atoms with E-state index in [1.165, 1.54) is 29.8 Å². The zero-order chi connectivity index (χ0) is 24.8. The van der Waals surface area contributed by atoms with Crippen molar-refractivity contribution in [2.75, 3.05) is 23.0 Å². The molecule has 2 heterocycles. The van der Waals surface area contributed by atoms with Gasteiger partial charge in [-0.05, 0) is 69.5 Å². The normalized spacial score (nSPS) is 15.2. The van der Waals surface area contributed by atoms with Crippen LogP contribution in [0.25, 0.3) is 0 Å². The van der Waals surface area contributed by atoms with Crippen molar-refractivity contribution in [3.8, 4) is 0 Å². The Morgan fingerprint density at radius 1 is 1.14 bits per heavy atom. The number of benzene rings is 2. The number of carbonyl (C=O) groups is 2. The van der Waals surface area contributed by atoms with Crippen LogP contribution in [-0.2, 0) is 22.6 Å². The maximum absolute atomic E-state index is 12.5. The zero-order valence-electron chi connectivity index (χ0n) is 20.3. The molecule has 1 amide bonds. The fraction of sp³-hybridized carbons (Fsp3) is 0.385. The SMILES string of the molecule is CC(=O)c1ccc(NC(=O)CSc2nnc(CNc3ccc(C)cc3C)n2CC2CCCO2)cc1. The molecule has 8 nitrogen and oxygen atoms in total. The summed E-state index contributed by atoms with van der Waals surface area (Å²) in [6.07, 6.45) is 2.18. The molecule has 0 saturated carbocycles. The maximum atomic E-state index is 12.5. The first kappa shape index (κ1) is 24.9. The summed E-state index contributed by atoms with van der Waals surface area (Å²) in [5, 5.41) is 15.8. The Kier molecular flexibility index (Phi) is 8.20. The summed E-state index contributed by atoms with van der Waals surface area (Å²) in [5.41, 5.74) is 4.73. The summed E-state index contributed by atoms with van der Waals surface area (Å²) >= 11 is 1.35. The van der Waals surface area contributed by atoms with Gasteiger partial charge in [-0.15, -0.1) is 10.2 Å². The number of aryl methyl sites for hydroxylation is 2. The molecule has 0 aliphatic carbocycles. The predicted octanol–water partition coefficient (Wildman–Crippen LogP) is 4.62. The summed E-state index contributed by atoms with van der Waals surface area (Å²) < 4.78 is 7.91. The van der Waals surface area contributed by atoms with Gasteiger partial charge in [0.1, 0.15) is 0 Å². The van der Waals surface area contributed by atoms with Crippen LogP contribution in [0.4, 0.5) is 11.4 Å². The minimum atomic E-state index is -0.146. The van der Waals surface area contributed by atoms with E-state index in [0.717, 1.165) is 31.0 Å². The lowest BCUT2D eigenvalue weighted by Crippen LogP contribution is -2.20. The highest BCUT2D eigenvalue weighted by atomic mass is 32.2. The Labute approximate surface area is 209 Å². The van der Waals surface area contributed by atoms with Gasteiger partial charge >= 0.3 is 0 Å². The molecular weight excluding hydrogens is 462 g/mol. The monoisotopic (exact) mass is 493 g/mol. The lowest BCUT2D eigenvalue weighted by atomic mass is 10.1. The predicted molar refractivity (Wildman–Crippen MR) is 138 cm³/mol. The van der Waals surface area contributed by atoms with Gasteiger partial charge in [0, 0.05) is 23.5 Å². The van der Waals surface area contributed by atoms with Crippen LogP contribution in [0, 0.1) is 13.8 Å². The van der Waals surface area contributed by atoms with Gasteiger partial charge in [0.05, 0.1) is 24.9 Å². The Morgan fingerprint density at radius 3 is 2.63 bits per heavy atom. The van der Waals surface area contributed by atoms with Gasteiger partial charge in [-0.2, -0.15) is 0 Å². The standard InChI is InChI=1S/C26H31N5O3S/c1-17-6-11-23(18(2)13-17)27-14-24-29-30-26(31(24)15-22-5-4-12-34-22)35-16-25(33)28-21-9-7-20(8-10-21)19(3)32/h6-11,13,22,27H,4-5,12,14-16H2,1-3H3,(H,28,33). The van der Waals surface area contributed by atoms with Crippen LogP contribution in [-0.4, -0.2) is 44.9 Å². The van der Waals surface area contributed by atoms with Crippen LogP contribution in [0.1, 0.15) is 47.1 Å². The van der Waals surface area contributed by atoms with Crippen molar-refractivity contribution in [2.24, 2.45) is 0 Å². The van der Waals surface area contributed by atoms with Crippen LogP contribution in [0.3, 0.4) is 0 Å². The molecule has 184 valence electrons. The summed E-state index contributed by atoms with van der Waals surface area (Å²) in [6, 6.07) is 13.2. The summed E-state index contributed by atoms with van der Waals surface area (Å²) in [7, 11) is 0. The smallest absolute Gasteiger partial charge is 0.234 e. The fourth-order valence-corrected chi connectivity index (χ4v) is 4.80. The third-order valence-corrected chi connectivity index (χ3v) is 6.90. The van der Waals surface area contributed by atoms with Crippen LogP contribution < -0.4 is 10.6 Å². The Bertz CT molecular complexity index is 1190. The third kappa shape index (κ3) is 6.70. The molecule has 2 N–H and O–H groups in total. The molecule has 1 unspecified atom stereocenters. The second kappa shape index (κ2) is 11.5. The molecule has 35 heavy (non-hydrogen) atoms. The van der Waals surface area contributed by atoms with Crippen molar-refractivity contribution in [2.45, 2.75) is 58.0 Å². The van der Waals surface area contributed by atoms with Crippen molar-refractivity contribution in [1.82, 2.24) is 14.8 Å². The zero-order valence-corrected chi connectivity index (χ0v) is 21.2. The number of nitrogens with zero attached hydrogens (tertiary/aromatic N) is 3. The molecule has 0 spiro atoms. The molecular formula is C26H31N5O3S. The minimum absolute atomic E-state index is 0.00755. The molecule has 1 saturated heterocycles. The Hall–Kier alpha value is -3.17. The van der Waals surface area contributed by atoms with E-state index in [2.05, 4.69) is 57.4 Å². The first-order chi connectivity index (χ1) is 16.9. The van der Waals surface area contributed by atoms with E-state index in [9.17, 15) is 9.59 Å². The number of rotatable bonds is 10. The molecule has 3 aromatic rings. The molecule has 1 fully saturated rings. The van der Waals surface area contributed by atoms with E-state index in [4.69, 9.17) is 4.74 Å². The second-order valence-corrected chi connectivity index (χ2v) is 9.73. The summed E-state index contributed by atoms with van der Waals surface area (Å²) in [5.74, 6) is 0.852. The van der Waals surface area contributed by atoms with Gasteiger partial charge in [-0.25, -0.2) is 0 Å². The number of carbonyl (C=O) groups excluding carboxylic acids is 2. The van der Waals surface area contributed by atoms with Crippen LogP contribution in [0.2, 0.25) is 0 Å². The fourth-order valence-electron chi connectivity index (χ4n) is 4.03. The number of thioether (sulfide) groups is 1. The molecule has 1 aromatic heterocycles. The average Bonchev–Trinajstić information content (AvgIpc) is 3.48. The molecule has 2 aromatic carbocycles. The van der Waals surface area contributed by atoms with Gasteiger partial charge in [0.15, 0.2) is 16.8 Å². The highest BCUT2D eigenvalue weighted by molar-refractivity contribution is 7.99. The topological polar surface area (TPSA) is 98.1 Å². The lowest BCUT2D eigenvalue weighted by molar-refractivity contribution is -0.113. The number of hydrogen-bond donors (Lipinski definition) is 2. The minimum Gasteiger partial charge on any atom is -0.378 e. The number of hydrogen-bond acceptors (Lipinski definition) is 7. The van der Waals surface area contributed by atoms with Crippen molar-refractivity contribution < 1.29 is 14.3 Å². The Morgan fingerprint density at radius 2 is 1.94 bits per heavy atom. The Balaban J connectivity index is 1.41. The molecule has 0 radical (unpaired) electrons. The average molecular weight is 494 g/mol. The maximum Gasteiger partial charge on any atom is 0.234 e. The number of ketones is 1. The number of Topliss-reactive ketones (excluding diaryl/α,β-unsaturated/α-hetero) is 1. The molecule has 1 aliphatic heterocycles. The first-order valence-corrected chi connectivity index (χ1v) is 12.8. The van der Waals surface area contributed by atoms with Gasteiger partial charge in [0.25, 0.3) is 0 Å². The van der Waals surface area contributed by atoms with Gasteiger partial charge < -0.3 is 19.9 Å². The highest BCUT2D eigenvalue weighted by Crippen LogP contribution is 2.23. The van der Waals surface area contributed by atoms with E-state index < -0.39 is 0 Å². The van der Waals surface area contributed by atoms with Crippen LogP contribution in [0.5, 0.6) is 0 Å². The molecule has 9 heteroatoms. The van der Waals surface area contributed by atoms with E-state index in [0.29, 0.717) is 29.5 Å². The van der Waals surface area contributed by atoms with Gasteiger partial charge in [0.2, 0.25) is 5.91 Å². The van der Waals surface area contributed by atoms with Crippen LogP contribution in [0.15, 0.2) is 47.6 Å². The van der Waals surface area contributed by atoms with Crippen molar-refractivity contribution in [3.05, 3.63) is 65.0 Å². The quantitative estimate of drug-likeness (QED) is 0.314. The van der Waals surface area contributed by atoms with E-state index >= 15 is 0 Å². The molecule has 1 aliphatic rings. The van der Waals surface area contributed by atoms with Crippen molar-refractivity contribution in [3.63, 3.8) is 0 Å². The number of ether oxygens (including phenoxy) is 1. The number of nitrogens with one attached hydrogen (secondary N) is 2. The molecule has 1 atom stereocenters. The summed E-state index contributed by atoms with van der Waals surface area (Å²) in [6.45, 7) is 7.64. The van der Waals surface area contributed by atoms with Gasteiger partial charge in [-0.1, -0.05) is 29.5 Å². The highest BCUT2D eigenvalue weighted by Gasteiger charge is 2.21. The molecule has 0 bridgehead atoms. The first-order valence-electron chi connectivity index (χ1n) is 11.8. The van der Waals surface area contributed by atoms with Crippen molar-refractivity contribution >= 4 is 34.8 Å². The molecule has 4 rings (SSSR count). The second-order valence-electron chi connectivity index (χ2n) is 8.79. The lowest BCUT2D eigenvalue weighted by Gasteiger charge is -2.16. The number of anilines is 2. The van der Waals surface area contributed by atoms with Gasteiger partial charge in [-0.3, -0.25) is 9.59 Å². The van der Waals surface area contributed by atoms with E-state index in [-0.39, 0.29) is 23.5 Å². The largest absolute Gasteiger partial charge is 0.378 e. The van der Waals surface area contributed by atoms with Crippen LogP contribution >= 0.6 is 11.8 Å². The van der Waals surface area contributed by atoms with E-state index in [1.807, 2.05) is 0 Å². The number of amides is 1.